The molecule has 0 saturated heterocycles. The summed E-state index contributed by atoms with van der Waals surface area (Å²) in [5.74, 6) is 0. The smallest absolute Gasteiger partial charge is 0.417 e. The van der Waals surface area contributed by atoms with Gasteiger partial charge < -0.3 is 9.47 Å². The van der Waals surface area contributed by atoms with Crippen LogP contribution in [0, 0.1) is 0 Å². The largest absolute Gasteiger partial charge is 0.457 e. The summed E-state index contributed by atoms with van der Waals surface area (Å²) in [6.45, 7) is 8.88. The maximum absolute atomic E-state index is 9.68. The molecule has 0 unspecified atom stereocenters. The Morgan fingerprint density at radius 1 is 1.00 bits per heavy atom. The van der Waals surface area contributed by atoms with Crippen LogP contribution in [0.5, 0.6) is 0 Å². The predicted molar refractivity (Wildman–Crippen MR) is 55.8 cm³/mol. The summed E-state index contributed by atoms with van der Waals surface area (Å²) >= 11 is 0. The van der Waals surface area contributed by atoms with E-state index < -0.39 is 0 Å². The first-order valence-corrected chi connectivity index (χ1v) is 5.19. The van der Waals surface area contributed by atoms with Crippen LogP contribution >= 0.6 is 0 Å². The van der Waals surface area contributed by atoms with Gasteiger partial charge in [0.2, 0.25) is 0 Å². The van der Waals surface area contributed by atoms with Crippen LogP contribution in [0.2, 0.25) is 0 Å². The SMILES string of the molecule is CC(C)(C)OCCCCCCO[C]=O. The highest BCUT2D eigenvalue weighted by Crippen LogP contribution is 2.08. The van der Waals surface area contributed by atoms with Crippen LogP contribution in [0.3, 0.4) is 0 Å². The summed E-state index contributed by atoms with van der Waals surface area (Å²) in [7, 11) is 0. The molecular formula is C11H21O3. The van der Waals surface area contributed by atoms with Crippen LogP contribution in [0.15, 0.2) is 0 Å². The van der Waals surface area contributed by atoms with Gasteiger partial charge in [0.1, 0.15) is 0 Å². The van der Waals surface area contributed by atoms with E-state index in [4.69, 9.17) is 4.74 Å². The Balaban J connectivity index is 3.03. The Kier molecular flexibility index (Phi) is 7.48. The van der Waals surface area contributed by atoms with Crippen molar-refractivity contribution in [2.45, 2.75) is 52.1 Å². The summed E-state index contributed by atoms with van der Waals surface area (Å²) in [5.41, 5.74) is -0.0322. The Bertz CT molecular complexity index is 138. The minimum atomic E-state index is -0.0322. The molecule has 0 N–H and O–H groups in total. The zero-order chi connectivity index (χ0) is 10.9. The monoisotopic (exact) mass is 201 g/mol. The molecule has 0 aromatic rings. The van der Waals surface area contributed by atoms with Crippen LogP contribution in [0.1, 0.15) is 46.5 Å². The summed E-state index contributed by atoms with van der Waals surface area (Å²) in [6, 6.07) is 0. The maximum Gasteiger partial charge on any atom is 0.417 e. The molecule has 3 heteroatoms. The predicted octanol–water partition coefficient (Wildman–Crippen LogP) is 2.45. The molecule has 0 saturated carbocycles. The van der Waals surface area contributed by atoms with Crippen molar-refractivity contribution in [1.29, 1.82) is 0 Å². The van der Waals surface area contributed by atoms with E-state index in [1.807, 2.05) is 0 Å². The number of carbonyl (C=O) groups excluding carboxylic acids is 1. The van der Waals surface area contributed by atoms with Crippen molar-refractivity contribution in [3.63, 3.8) is 0 Å². The van der Waals surface area contributed by atoms with Crippen molar-refractivity contribution in [1.82, 2.24) is 0 Å². The van der Waals surface area contributed by atoms with Gasteiger partial charge in [-0.15, -0.1) is 0 Å². The van der Waals surface area contributed by atoms with Gasteiger partial charge in [-0.3, -0.25) is 0 Å². The standard InChI is InChI=1S/C11H21O3/c1-11(2,3)14-9-7-5-4-6-8-13-10-12/h4-9H2,1-3H3. The zero-order valence-electron chi connectivity index (χ0n) is 9.47. The lowest BCUT2D eigenvalue weighted by atomic mass is 10.2. The van der Waals surface area contributed by atoms with E-state index in [1.54, 1.807) is 0 Å². The van der Waals surface area contributed by atoms with E-state index in [2.05, 4.69) is 25.5 Å². The van der Waals surface area contributed by atoms with E-state index in [1.165, 1.54) is 6.47 Å². The van der Waals surface area contributed by atoms with Crippen molar-refractivity contribution < 1.29 is 14.3 Å². The van der Waals surface area contributed by atoms with Crippen LogP contribution in [-0.4, -0.2) is 25.3 Å². The van der Waals surface area contributed by atoms with E-state index in [0.29, 0.717) is 6.61 Å². The van der Waals surface area contributed by atoms with E-state index >= 15 is 0 Å². The first-order valence-electron chi connectivity index (χ1n) is 5.19. The number of rotatable bonds is 8. The van der Waals surface area contributed by atoms with Gasteiger partial charge in [-0.25, -0.2) is 4.79 Å². The minimum Gasteiger partial charge on any atom is -0.457 e. The Morgan fingerprint density at radius 3 is 2.07 bits per heavy atom. The molecular weight excluding hydrogens is 180 g/mol. The highest BCUT2D eigenvalue weighted by atomic mass is 16.5. The van der Waals surface area contributed by atoms with Gasteiger partial charge in [0.05, 0.1) is 12.2 Å². The fourth-order valence-electron chi connectivity index (χ4n) is 1.05. The number of unbranched alkanes of at least 4 members (excludes halogenated alkanes) is 3. The molecule has 0 amide bonds. The van der Waals surface area contributed by atoms with Crippen LogP contribution in [0.4, 0.5) is 0 Å². The minimum absolute atomic E-state index is 0.0322. The Labute approximate surface area is 86.8 Å². The lowest BCUT2D eigenvalue weighted by molar-refractivity contribution is -0.00481. The van der Waals surface area contributed by atoms with E-state index in [9.17, 15) is 4.79 Å². The van der Waals surface area contributed by atoms with Crippen molar-refractivity contribution in [3.05, 3.63) is 0 Å². The molecule has 0 fully saturated rings. The highest BCUT2D eigenvalue weighted by Gasteiger charge is 2.08. The third kappa shape index (κ3) is 11.4. The third-order valence-corrected chi connectivity index (χ3v) is 1.73. The van der Waals surface area contributed by atoms with Gasteiger partial charge in [0.15, 0.2) is 0 Å². The average Bonchev–Trinajstić information content (AvgIpc) is 2.08. The maximum atomic E-state index is 9.68. The number of hydrogen-bond acceptors (Lipinski definition) is 3. The Morgan fingerprint density at radius 2 is 1.57 bits per heavy atom. The van der Waals surface area contributed by atoms with Gasteiger partial charge in [-0.05, 0) is 40.0 Å². The molecule has 0 bridgehead atoms. The lowest BCUT2D eigenvalue weighted by Crippen LogP contribution is -2.19. The summed E-state index contributed by atoms with van der Waals surface area (Å²) < 4.78 is 10.0. The van der Waals surface area contributed by atoms with E-state index in [-0.39, 0.29) is 5.60 Å². The Hall–Kier alpha value is -0.570. The molecule has 0 aliphatic carbocycles. The van der Waals surface area contributed by atoms with Crippen molar-refractivity contribution in [3.8, 4) is 0 Å². The normalized spacial score (nSPS) is 11.4. The van der Waals surface area contributed by atoms with Gasteiger partial charge in [-0.1, -0.05) is 6.42 Å². The van der Waals surface area contributed by atoms with Gasteiger partial charge >= 0.3 is 6.47 Å². The zero-order valence-corrected chi connectivity index (χ0v) is 9.47. The van der Waals surface area contributed by atoms with Gasteiger partial charge in [0.25, 0.3) is 0 Å². The molecule has 0 spiro atoms. The topological polar surface area (TPSA) is 35.5 Å². The van der Waals surface area contributed by atoms with Crippen molar-refractivity contribution in [2.75, 3.05) is 13.2 Å². The second kappa shape index (κ2) is 7.80. The molecule has 14 heavy (non-hydrogen) atoms. The molecule has 1 radical (unpaired) electrons. The van der Waals surface area contributed by atoms with Crippen LogP contribution in [0.25, 0.3) is 0 Å². The van der Waals surface area contributed by atoms with Gasteiger partial charge in [-0.2, -0.15) is 0 Å². The summed E-state index contributed by atoms with van der Waals surface area (Å²) in [5, 5.41) is 0. The van der Waals surface area contributed by atoms with E-state index in [0.717, 1.165) is 32.3 Å². The molecule has 0 aromatic carbocycles. The molecule has 0 atom stereocenters. The molecule has 3 nitrogen and oxygen atoms in total. The second-order valence-electron chi connectivity index (χ2n) is 4.31. The first kappa shape index (κ1) is 13.4. The first-order chi connectivity index (χ1) is 6.56. The number of ether oxygens (including phenoxy) is 2. The highest BCUT2D eigenvalue weighted by molar-refractivity contribution is 5.37. The molecule has 83 valence electrons. The molecule has 0 aliphatic rings. The van der Waals surface area contributed by atoms with Crippen molar-refractivity contribution >= 4 is 6.47 Å². The average molecular weight is 201 g/mol. The third-order valence-electron chi connectivity index (χ3n) is 1.73. The van der Waals surface area contributed by atoms with Crippen LogP contribution in [-0.2, 0) is 14.3 Å². The molecule has 0 heterocycles. The number of hydrogen-bond donors (Lipinski definition) is 0. The van der Waals surface area contributed by atoms with Crippen LogP contribution < -0.4 is 0 Å². The van der Waals surface area contributed by atoms with Crippen molar-refractivity contribution in [2.24, 2.45) is 0 Å². The molecule has 0 rings (SSSR count). The lowest BCUT2D eigenvalue weighted by Gasteiger charge is -2.19. The quantitative estimate of drug-likeness (QED) is 0.566. The van der Waals surface area contributed by atoms with Gasteiger partial charge in [0, 0.05) is 6.61 Å². The fourth-order valence-corrected chi connectivity index (χ4v) is 1.05. The summed E-state index contributed by atoms with van der Waals surface area (Å²) in [4.78, 5) is 9.68. The molecule has 0 aliphatic heterocycles. The fraction of sp³-hybridized carbons (Fsp3) is 0.909. The second-order valence-corrected chi connectivity index (χ2v) is 4.31. The molecule has 0 aromatic heterocycles. The summed E-state index contributed by atoms with van der Waals surface area (Å²) in [6.07, 6.45) is 4.19.